The molecule has 1 aliphatic rings. The highest BCUT2D eigenvalue weighted by Gasteiger charge is 2.17. The van der Waals surface area contributed by atoms with Gasteiger partial charge in [0.05, 0.1) is 6.54 Å². The Bertz CT molecular complexity index is 578. The van der Waals surface area contributed by atoms with Crippen LogP contribution in [0.1, 0.15) is 11.3 Å². The van der Waals surface area contributed by atoms with Crippen LogP contribution in [0.2, 0.25) is 0 Å². The Morgan fingerprint density at radius 1 is 1.31 bits per heavy atom. The van der Waals surface area contributed by atoms with Gasteiger partial charge in [0.2, 0.25) is 0 Å². The molecule has 0 spiro atoms. The zero-order valence-corrected chi connectivity index (χ0v) is 9.62. The number of aliphatic imine (C=N–C) groups is 1. The third-order valence-electron chi connectivity index (χ3n) is 3.31. The zero-order valence-electron chi connectivity index (χ0n) is 9.62. The number of fused-ring (bicyclic) bond motifs is 1. The first-order valence-electron chi connectivity index (χ1n) is 5.62. The summed E-state index contributed by atoms with van der Waals surface area (Å²) in [5, 5.41) is 4.64. The fraction of sp³-hybridized carbons (Fsp3) is 0.308. The molecule has 3 nitrogen and oxygen atoms in total. The fourth-order valence-electron chi connectivity index (χ4n) is 2.39. The van der Waals surface area contributed by atoms with E-state index in [1.165, 1.54) is 22.2 Å². The number of nitrogens with one attached hydrogen (secondary N) is 1. The molecule has 2 heterocycles. The van der Waals surface area contributed by atoms with Crippen molar-refractivity contribution < 1.29 is 0 Å². The number of amidine groups is 1. The van der Waals surface area contributed by atoms with E-state index in [1.54, 1.807) is 0 Å². The number of aryl methyl sites for hydroxylation is 1. The molecule has 0 fully saturated rings. The maximum Gasteiger partial charge on any atom is 0.130 e. The summed E-state index contributed by atoms with van der Waals surface area (Å²) in [5.74, 6) is 1.05. The predicted molar refractivity (Wildman–Crippen MR) is 67.1 cm³/mol. The Hall–Kier alpha value is -1.77. The number of nitrogens with zero attached hydrogens (tertiary/aromatic N) is 2. The van der Waals surface area contributed by atoms with Crippen LogP contribution in [0.15, 0.2) is 29.3 Å². The molecular weight excluding hydrogens is 198 g/mol. The first-order chi connectivity index (χ1) is 7.79. The van der Waals surface area contributed by atoms with Crippen molar-refractivity contribution >= 4 is 16.7 Å². The van der Waals surface area contributed by atoms with Gasteiger partial charge in [-0.05, 0) is 13.0 Å². The average molecular weight is 213 g/mol. The van der Waals surface area contributed by atoms with Crippen LogP contribution < -0.4 is 5.32 Å². The molecule has 82 valence electrons. The van der Waals surface area contributed by atoms with E-state index in [9.17, 15) is 0 Å². The van der Waals surface area contributed by atoms with Crippen molar-refractivity contribution in [2.45, 2.75) is 6.92 Å². The lowest BCUT2D eigenvalue weighted by Gasteiger charge is -2.02. The quantitative estimate of drug-likeness (QED) is 0.769. The molecule has 0 radical (unpaired) electrons. The molecule has 0 saturated heterocycles. The van der Waals surface area contributed by atoms with E-state index in [0.29, 0.717) is 0 Å². The second-order valence-corrected chi connectivity index (χ2v) is 4.19. The van der Waals surface area contributed by atoms with Crippen molar-refractivity contribution in [2.75, 3.05) is 13.1 Å². The highest BCUT2D eigenvalue weighted by molar-refractivity contribution is 6.11. The zero-order chi connectivity index (χ0) is 11.1. The lowest BCUT2D eigenvalue weighted by molar-refractivity contribution is 0.913. The van der Waals surface area contributed by atoms with E-state index in [1.807, 2.05) is 0 Å². The van der Waals surface area contributed by atoms with E-state index in [2.05, 4.69) is 53.1 Å². The second kappa shape index (κ2) is 3.37. The van der Waals surface area contributed by atoms with E-state index in [-0.39, 0.29) is 0 Å². The van der Waals surface area contributed by atoms with Crippen LogP contribution in [0.3, 0.4) is 0 Å². The summed E-state index contributed by atoms with van der Waals surface area (Å²) >= 11 is 0. The van der Waals surface area contributed by atoms with E-state index in [0.717, 1.165) is 18.9 Å². The van der Waals surface area contributed by atoms with Crippen molar-refractivity contribution in [3.05, 3.63) is 35.5 Å². The van der Waals surface area contributed by atoms with Crippen LogP contribution in [0.4, 0.5) is 0 Å². The third kappa shape index (κ3) is 1.18. The SMILES string of the molecule is Cc1c(C2=NCCN2)c2ccccc2n1C. The normalized spacial score (nSPS) is 15.2. The highest BCUT2D eigenvalue weighted by atomic mass is 15.1. The van der Waals surface area contributed by atoms with E-state index >= 15 is 0 Å². The second-order valence-electron chi connectivity index (χ2n) is 4.19. The molecule has 3 rings (SSSR count). The van der Waals surface area contributed by atoms with Crippen molar-refractivity contribution in [2.24, 2.45) is 12.0 Å². The van der Waals surface area contributed by atoms with Gasteiger partial charge in [-0.15, -0.1) is 0 Å². The summed E-state index contributed by atoms with van der Waals surface area (Å²) in [6.45, 7) is 3.99. The smallest absolute Gasteiger partial charge is 0.130 e. The Labute approximate surface area is 94.8 Å². The minimum atomic E-state index is 0.887. The van der Waals surface area contributed by atoms with Gasteiger partial charge in [0.15, 0.2) is 0 Å². The largest absolute Gasteiger partial charge is 0.368 e. The number of rotatable bonds is 1. The standard InChI is InChI=1S/C13H15N3/c1-9-12(13-14-7-8-15-13)10-5-3-4-6-11(10)16(9)2/h3-6H,7-8H2,1-2H3,(H,14,15). The molecule has 0 aliphatic carbocycles. The molecule has 0 atom stereocenters. The average Bonchev–Trinajstić information content (AvgIpc) is 2.89. The molecule has 0 bridgehead atoms. The molecule has 0 amide bonds. The lowest BCUT2D eigenvalue weighted by Crippen LogP contribution is -2.20. The van der Waals surface area contributed by atoms with Gasteiger partial charge < -0.3 is 9.88 Å². The van der Waals surface area contributed by atoms with Gasteiger partial charge in [-0.25, -0.2) is 0 Å². The monoisotopic (exact) mass is 213 g/mol. The molecule has 1 N–H and O–H groups in total. The topological polar surface area (TPSA) is 29.3 Å². The predicted octanol–water partition coefficient (Wildman–Crippen LogP) is 1.84. The first-order valence-corrected chi connectivity index (χ1v) is 5.62. The molecule has 1 aromatic carbocycles. The maximum atomic E-state index is 4.52. The Balaban J connectivity index is 2.34. The summed E-state index contributed by atoms with van der Waals surface area (Å²) in [5.41, 5.74) is 3.80. The highest BCUT2D eigenvalue weighted by Crippen LogP contribution is 2.25. The Morgan fingerprint density at radius 2 is 2.12 bits per heavy atom. The van der Waals surface area contributed by atoms with Crippen molar-refractivity contribution in [1.82, 2.24) is 9.88 Å². The first kappa shape index (κ1) is 9.46. The molecule has 0 saturated carbocycles. The molecule has 16 heavy (non-hydrogen) atoms. The number of benzene rings is 1. The van der Waals surface area contributed by atoms with Crippen LogP contribution in [0, 0.1) is 6.92 Å². The minimum Gasteiger partial charge on any atom is -0.368 e. The summed E-state index contributed by atoms with van der Waals surface area (Å²) in [6, 6.07) is 8.48. The van der Waals surface area contributed by atoms with Crippen LogP contribution in [-0.4, -0.2) is 23.5 Å². The number of hydrogen-bond acceptors (Lipinski definition) is 2. The molecule has 0 unspecified atom stereocenters. The Kier molecular flexibility index (Phi) is 1.99. The van der Waals surface area contributed by atoms with Gasteiger partial charge in [-0.2, -0.15) is 0 Å². The van der Waals surface area contributed by atoms with E-state index < -0.39 is 0 Å². The van der Waals surface area contributed by atoms with Crippen LogP contribution in [0.25, 0.3) is 10.9 Å². The van der Waals surface area contributed by atoms with Gasteiger partial charge in [0, 0.05) is 35.8 Å². The molecule has 2 aromatic rings. The number of aromatic nitrogens is 1. The minimum absolute atomic E-state index is 0.887. The van der Waals surface area contributed by atoms with Crippen molar-refractivity contribution in [1.29, 1.82) is 0 Å². The molecular formula is C13H15N3. The summed E-state index contributed by atoms with van der Waals surface area (Å²) in [6.07, 6.45) is 0. The van der Waals surface area contributed by atoms with Crippen LogP contribution >= 0.6 is 0 Å². The van der Waals surface area contributed by atoms with Gasteiger partial charge in [0.1, 0.15) is 5.84 Å². The van der Waals surface area contributed by atoms with Gasteiger partial charge >= 0.3 is 0 Å². The van der Waals surface area contributed by atoms with Gasteiger partial charge in [-0.3, -0.25) is 4.99 Å². The van der Waals surface area contributed by atoms with Crippen LogP contribution in [-0.2, 0) is 7.05 Å². The lowest BCUT2D eigenvalue weighted by atomic mass is 10.1. The van der Waals surface area contributed by atoms with Gasteiger partial charge in [0.25, 0.3) is 0 Å². The number of hydrogen-bond donors (Lipinski definition) is 1. The summed E-state index contributed by atoms with van der Waals surface area (Å²) in [4.78, 5) is 4.52. The van der Waals surface area contributed by atoms with Gasteiger partial charge in [-0.1, -0.05) is 18.2 Å². The maximum absolute atomic E-state index is 4.52. The number of para-hydroxylation sites is 1. The molecule has 1 aromatic heterocycles. The molecule has 3 heteroatoms. The summed E-state index contributed by atoms with van der Waals surface area (Å²) < 4.78 is 2.23. The summed E-state index contributed by atoms with van der Waals surface area (Å²) in [7, 11) is 2.11. The van der Waals surface area contributed by atoms with E-state index in [4.69, 9.17) is 0 Å². The third-order valence-corrected chi connectivity index (χ3v) is 3.31. The fourth-order valence-corrected chi connectivity index (χ4v) is 2.39. The Morgan fingerprint density at radius 3 is 2.88 bits per heavy atom. The molecule has 1 aliphatic heterocycles. The van der Waals surface area contributed by atoms with Crippen molar-refractivity contribution in [3.63, 3.8) is 0 Å². The van der Waals surface area contributed by atoms with Crippen LogP contribution in [0.5, 0.6) is 0 Å². The van der Waals surface area contributed by atoms with Crippen molar-refractivity contribution in [3.8, 4) is 0 Å².